The van der Waals surface area contributed by atoms with E-state index in [9.17, 15) is 21.8 Å². The molecule has 0 aliphatic carbocycles. The lowest BCUT2D eigenvalue weighted by Crippen LogP contribution is -2.29. The second kappa shape index (κ2) is 9.91. The molecule has 10 heteroatoms. The van der Waals surface area contributed by atoms with Crippen LogP contribution in [0, 0.1) is 5.13 Å². The second-order valence-electron chi connectivity index (χ2n) is 8.91. The number of hydrogen-bond donors (Lipinski definition) is 1. The lowest BCUT2D eigenvalue weighted by atomic mass is 9.82. The van der Waals surface area contributed by atoms with Crippen molar-refractivity contribution in [3.8, 4) is 11.1 Å². The minimum atomic E-state index is -4.41. The Hall–Kier alpha value is -2.82. The summed E-state index contributed by atoms with van der Waals surface area (Å²) in [7, 11) is 0.372. The monoisotopic (exact) mass is 533 g/mol. The van der Waals surface area contributed by atoms with Gasteiger partial charge in [0.25, 0.3) is 0 Å². The van der Waals surface area contributed by atoms with Crippen molar-refractivity contribution in [2.24, 2.45) is 0 Å². The molecule has 36 heavy (non-hydrogen) atoms. The lowest BCUT2D eigenvalue weighted by Gasteiger charge is -2.31. The first-order chi connectivity index (χ1) is 17.2. The van der Waals surface area contributed by atoms with Crippen molar-refractivity contribution in [1.29, 1.82) is 0 Å². The summed E-state index contributed by atoms with van der Waals surface area (Å²) in [6.07, 6.45) is -1.77. The van der Waals surface area contributed by atoms with E-state index in [1.807, 2.05) is 31.3 Å². The van der Waals surface area contributed by atoms with Crippen LogP contribution in [0.3, 0.4) is 0 Å². The highest BCUT2D eigenvalue weighted by Crippen LogP contribution is 2.41. The third-order valence-corrected chi connectivity index (χ3v) is 8.44. The Morgan fingerprint density at radius 3 is 2.53 bits per heavy atom. The fourth-order valence-electron chi connectivity index (χ4n) is 4.69. The highest BCUT2D eigenvalue weighted by Gasteiger charge is 2.32. The van der Waals surface area contributed by atoms with E-state index in [0.717, 1.165) is 71.4 Å². The van der Waals surface area contributed by atoms with Crippen LogP contribution in [0.4, 0.5) is 22.7 Å². The average molecular weight is 534 g/mol. The molecule has 1 aliphatic rings. The van der Waals surface area contributed by atoms with Crippen molar-refractivity contribution in [3.05, 3.63) is 77.1 Å². The van der Waals surface area contributed by atoms with Gasteiger partial charge in [-0.15, -0.1) is 0 Å². The molecule has 3 aromatic carbocycles. The standard InChI is InChI=1S/C26H23F4N3OS2/c1-33-11-9-16(10-12-33)23-14-18(26(28,29)30)5-7-22(23)21-4-2-3-17-13-19(6-8-20(17)21)36(34)32-25-31-15-24(27)35-25/h2-8,13-16H,9-12H2,1H3,(H,31,32). The molecule has 0 bridgehead atoms. The van der Waals surface area contributed by atoms with E-state index in [0.29, 0.717) is 10.5 Å². The Bertz CT molecular complexity index is 1430. The third kappa shape index (κ3) is 5.16. The fraction of sp³-hybridized carbons (Fsp3) is 0.269. The van der Waals surface area contributed by atoms with Crippen LogP contribution in [0.5, 0.6) is 0 Å². The Kier molecular flexibility index (Phi) is 6.84. The number of benzene rings is 3. The van der Waals surface area contributed by atoms with Gasteiger partial charge in [0, 0.05) is 0 Å². The molecule has 2 heterocycles. The molecule has 1 N–H and O–H groups in total. The van der Waals surface area contributed by atoms with Gasteiger partial charge in [0.15, 0.2) is 21.2 Å². The quantitative estimate of drug-likeness (QED) is 0.279. The van der Waals surface area contributed by atoms with E-state index in [1.54, 1.807) is 18.2 Å². The summed E-state index contributed by atoms with van der Waals surface area (Å²) >= 11 is 0.767. The van der Waals surface area contributed by atoms with E-state index < -0.39 is 27.9 Å². The number of likely N-dealkylation sites (tertiary alicyclic amines) is 1. The van der Waals surface area contributed by atoms with Gasteiger partial charge in [-0.05, 0) is 90.6 Å². The van der Waals surface area contributed by atoms with Gasteiger partial charge in [-0.25, -0.2) is 9.19 Å². The molecular weight excluding hydrogens is 510 g/mol. The van der Waals surface area contributed by atoms with E-state index in [1.165, 1.54) is 6.07 Å². The van der Waals surface area contributed by atoms with Gasteiger partial charge in [0.2, 0.25) is 0 Å². The summed E-state index contributed by atoms with van der Waals surface area (Å²) in [6, 6.07) is 15.0. The maximum Gasteiger partial charge on any atom is 0.416 e. The van der Waals surface area contributed by atoms with Gasteiger partial charge >= 0.3 is 6.18 Å². The number of aromatic nitrogens is 1. The minimum absolute atomic E-state index is 0.0309. The van der Waals surface area contributed by atoms with Crippen molar-refractivity contribution >= 4 is 38.2 Å². The topological polar surface area (TPSA) is 45.2 Å². The van der Waals surface area contributed by atoms with Crippen molar-refractivity contribution in [1.82, 2.24) is 9.88 Å². The Balaban J connectivity index is 1.55. The number of alkyl halides is 3. The summed E-state index contributed by atoms with van der Waals surface area (Å²) in [6.45, 7) is 1.67. The first-order valence-corrected chi connectivity index (χ1v) is 13.4. The first-order valence-electron chi connectivity index (χ1n) is 11.4. The third-order valence-electron chi connectivity index (χ3n) is 6.55. The SMILES string of the molecule is CN1CCC(c2cc(C(F)(F)F)ccc2-c2cccc3cc(S(=O)Nc4ncc(F)s4)ccc23)CC1. The van der Waals surface area contributed by atoms with Crippen LogP contribution in [0.1, 0.15) is 29.9 Å². The highest BCUT2D eigenvalue weighted by atomic mass is 32.2. The number of hydrogen-bond acceptors (Lipinski definition) is 4. The number of halogens is 4. The van der Waals surface area contributed by atoms with Crippen LogP contribution in [0.15, 0.2) is 65.7 Å². The summed E-state index contributed by atoms with van der Waals surface area (Å²) in [5, 5.41) is 1.40. The van der Waals surface area contributed by atoms with Crippen LogP contribution >= 0.6 is 11.3 Å². The zero-order valence-corrected chi connectivity index (χ0v) is 20.9. The smallest absolute Gasteiger partial charge is 0.306 e. The first kappa shape index (κ1) is 24.9. The van der Waals surface area contributed by atoms with Gasteiger partial charge in [0.1, 0.15) is 0 Å². The molecule has 1 unspecified atom stereocenters. The largest absolute Gasteiger partial charge is 0.416 e. The molecule has 1 saturated heterocycles. The zero-order chi connectivity index (χ0) is 25.4. The number of thiazole rings is 1. The van der Waals surface area contributed by atoms with Gasteiger partial charge in [-0.3, -0.25) is 4.72 Å². The zero-order valence-electron chi connectivity index (χ0n) is 19.3. The van der Waals surface area contributed by atoms with Gasteiger partial charge in [-0.2, -0.15) is 17.6 Å². The normalized spacial score (nSPS) is 16.4. The maximum atomic E-state index is 13.6. The molecule has 0 amide bonds. The minimum Gasteiger partial charge on any atom is -0.306 e. The number of nitrogens with zero attached hydrogens (tertiary/aromatic N) is 2. The molecular formula is C26H23F4N3OS2. The fourth-order valence-corrected chi connectivity index (χ4v) is 6.24. The van der Waals surface area contributed by atoms with Crippen molar-refractivity contribution in [3.63, 3.8) is 0 Å². The predicted octanol–water partition coefficient (Wildman–Crippen LogP) is 7.07. The van der Waals surface area contributed by atoms with Crippen LogP contribution < -0.4 is 4.72 Å². The summed E-state index contributed by atoms with van der Waals surface area (Å²) in [4.78, 5) is 6.51. The second-order valence-corrected chi connectivity index (χ2v) is 11.1. The van der Waals surface area contributed by atoms with Gasteiger partial charge in [-0.1, -0.05) is 41.7 Å². The predicted molar refractivity (Wildman–Crippen MR) is 136 cm³/mol. The van der Waals surface area contributed by atoms with Gasteiger partial charge < -0.3 is 4.90 Å². The van der Waals surface area contributed by atoms with E-state index in [-0.39, 0.29) is 11.0 Å². The van der Waals surface area contributed by atoms with Gasteiger partial charge in [0.05, 0.1) is 16.7 Å². The molecule has 4 aromatic rings. The summed E-state index contributed by atoms with van der Waals surface area (Å²) in [5.74, 6) is 0.0309. The van der Waals surface area contributed by atoms with Crippen LogP contribution in [-0.2, 0) is 17.2 Å². The molecule has 0 spiro atoms. The maximum absolute atomic E-state index is 13.6. The number of anilines is 1. The van der Waals surface area contributed by atoms with E-state index in [2.05, 4.69) is 14.6 Å². The van der Waals surface area contributed by atoms with E-state index in [4.69, 9.17) is 0 Å². The lowest BCUT2D eigenvalue weighted by molar-refractivity contribution is -0.137. The highest BCUT2D eigenvalue weighted by molar-refractivity contribution is 7.86. The Morgan fingerprint density at radius 2 is 1.83 bits per heavy atom. The molecule has 188 valence electrons. The summed E-state index contributed by atoms with van der Waals surface area (Å²) in [5.41, 5.74) is 1.70. The van der Waals surface area contributed by atoms with Crippen molar-refractivity contribution in [2.45, 2.75) is 29.8 Å². The number of rotatable bonds is 5. The molecule has 0 saturated carbocycles. The Morgan fingerprint density at radius 1 is 1.06 bits per heavy atom. The molecule has 1 aliphatic heterocycles. The number of nitrogens with one attached hydrogen (secondary N) is 1. The molecule has 0 radical (unpaired) electrons. The van der Waals surface area contributed by atoms with Crippen molar-refractivity contribution < 1.29 is 21.8 Å². The average Bonchev–Trinajstić information content (AvgIpc) is 3.27. The summed E-state index contributed by atoms with van der Waals surface area (Å²) < 4.78 is 69.5. The van der Waals surface area contributed by atoms with E-state index >= 15 is 0 Å². The molecule has 1 aromatic heterocycles. The van der Waals surface area contributed by atoms with Crippen LogP contribution in [0.2, 0.25) is 0 Å². The molecule has 5 rings (SSSR count). The number of fused-ring (bicyclic) bond motifs is 1. The molecule has 1 fully saturated rings. The Labute approximate surface area is 212 Å². The number of piperidine rings is 1. The van der Waals surface area contributed by atoms with Crippen LogP contribution in [-0.4, -0.2) is 34.2 Å². The van der Waals surface area contributed by atoms with Crippen LogP contribution in [0.25, 0.3) is 21.9 Å². The molecule has 4 nitrogen and oxygen atoms in total. The van der Waals surface area contributed by atoms with Crippen molar-refractivity contribution in [2.75, 3.05) is 24.9 Å². The molecule has 1 atom stereocenters.